The molecule has 3 nitrogen and oxygen atoms in total. The summed E-state index contributed by atoms with van der Waals surface area (Å²) in [4.78, 5) is -0.0223. The number of aryl methyl sites for hydroxylation is 1. The first-order valence-corrected chi connectivity index (χ1v) is 10.2. The number of rotatable bonds is 4. The Kier molecular flexibility index (Phi) is 6.61. The molecule has 1 aromatic carbocycles. The van der Waals surface area contributed by atoms with Gasteiger partial charge in [-0.2, -0.15) is 21.6 Å². The van der Waals surface area contributed by atoms with Gasteiger partial charge in [0.15, 0.2) is 0 Å². The summed E-state index contributed by atoms with van der Waals surface area (Å²) >= 11 is -0.143. The molecule has 0 unspecified atom stereocenters. The quantitative estimate of drug-likeness (QED) is 0.684. The number of hydrogen-bond acceptors (Lipinski definition) is 4. The second kappa shape index (κ2) is 8.10. The van der Waals surface area contributed by atoms with E-state index in [0.29, 0.717) is 25.7 Å². The van der Waals surface area contributed by atoms with E-state index in [1.807, 2.05) is 6.92 Å². The SMILES string of the molecule is Cc1ccc(S(=O)(=O)O[C@@H]2CCCCCC[C@H]2SC(F)(F)F)cc1. The zero-order valence-corrected chi connectivity index (χ0v) is 15.0. The highest BCUT2D eigenvalue weighted by molar-refractivity contribution is 8.00. The fourth-order valence-corrected chi connectivity index (χ4v) is 4.93. The second-order valence-corrected chi connectivity index (χ2v) is 8.87. The van der Waals surface area contributed by atoms with Crippen LogP contribution >= 0.6 is 11.8 Å². The summed E-state index contributed by atoms with van der Waals surface area (Å²) in [6, 6.07) is 6.10. The summed E-state index contributed by atoms with van der Waals surface area (Å²) in [6.45, 7) is 1.82. The van der Waals surface area contributed by atoms with Crippen LogP contribution < -0.4 is 0 Å². The number of benzene rings is 1. The minimum Gasteiger partial charge on any atom is -0.262 e. The third-order valence-corrected chi connectivity index (χ3v) is 6.45. The van der Waals surface area contributed by atoms with Crippen molar-refractivity contribution in [2.75, 3.05) is 0 Å². The molecule has 0 bridgehead atoms. The van der Waals surface area contributed by atoms with E-state index in [-0.39, 0.29) is 16.7 Å². The van der Waals surface area contributed by atoms with Crippen molar-refractivity contribution in [2.45, 2.75) is 67.2 Å². The third kappa shape index (κ3) is 5.97. The number of thioether (sulfide) groups is 1. The van der Waals surface area contributed by atoms with Crippen LogP contribution in [0.25, 0.3) is 0 Å². The van der Waals surface area contributed by atoms with Crippen LogP contribution in [0.4, 0.5) is 13.2 Å². The molecule has 0 amide bonds. The van der Waals surface area contributed by atoms with Crippen LogP contribution in [0.15, 0.2) is 29.2 Å². The van der Waals surface area contributed by atoms with Gasteiger partial charge in [0.2, 0.25) is 0 Å². The average molecular weight is 382 g/mol. The fraction of sp³-hybridized carbons (Fsp3) is 0.625. The standard InChI is InChI=1S/C16H21F3O3S2/c1-12-8-10-13(11-9-12)24(20,21)22-14-6-4-2-3-5-7-15(14)23-16(17,18)19/h8-11,14-15H,2-7H2,1H3/t14-,15-/m1/s1. The molecule has 1 aliphatic rings. The number of alkyl halides is 3. The van der Waals surface area contributed by atoms with Gasteiger partial charge in [0, 0.05) is 5.25 Å². The lowest BCUT2D eigenvalue weighted by atomic mass is 9.98. The van der Waals surface area contributed by atoms with Crippen LogP contribution in [-0.2, 0) is 14.3 Å². The zero-order valence-electron chi connectivity index (χ0n) is 13.4. The lowest BCUT2D eigenvalue weighted by Gasteiger charge is -2.28. The molecule has 0 saturated heterocycles. The lowest BCUT2D eigenvalue weighted by Crippen LogP contribution is -2.32. The first-order valence-electron chi connectivity index (χ1n) is 7.92. The molecule has 0 spiro atoms. The van der Waals surface area contributed by atoms with E-state index in [1.54, 1.807) is 12.1 Å². The van der Waals surface area contributed by atoms with Crippen molar-refractivity contribution < 1.29 is 25.8 Å². The van der Waals surface area contributed by atoms with Crippen molar-refractivity contribution in [2.24, 2.45) is 0 Å². The average Bonchev–Trinajstić information content (AvgIpc) is 2.45. The first-order chi connectivity index (χ1) is 11.2. The molecule has 8 heteroatoms. The Hall–Kier alpha value is -0.730. The summed E-state index contributed by atoms with van der Waals surface area (Å²) in [5.74, 6) is 0. The Morgan fingerprint density at radius 2 is 1.62 bits per heavy atom. The van der Waals surface area contributed by atoms with Gasteiger partial charge in [-0.1, -0.05) is 43.4 Å². The topological polar surface area (TPSA) is 43.4 Å². The summed E-state index contributed by atoms with van der Waals surface area (Å²) in [7, 11) is -4.07. The van der Waals surface area contributed by atoms with Crippen LogP contribution in [0.2, 0.25) is 0 Å². The second-order valence-electron chi connectivity index (χ2n) is 6.00. The molecule has 2 rings (SSSR count). The Balaban J connectivity index is 2.18. The highest BCUT2D eigenvalue weighted by Crippen LogP contribution is 2.40. The molecule has 0 radical (unpaired) electrons. The molecule has 136 valence electrons. The van der Waals surface area contributed by atoms with Gasteiger partial charge < -0.3 is 0 Å². The minimum absolute atomic E-state index is 0.0223. The monoisotopic (exact) mass is 382 g/mol. The van der Waals surface area contributed by atoms with Crippen LogP contribution in [0, 0.1) is 6.92 Å². The highest BCUT2D eigenvalue weighted by atomic mass is 32.2. The van der Waals surface area contributed by atoms with Crippen LogP contribution in [-0.4, -0.2) is 25.3 Å². The predicted molar refractivity (Wildman–Crippen MR) is 88.4 cm³/mol. The molecule has 0 aromatic heterocycles. The molecule has 0 aliphatic heterocycles. The van der Waals surface area contributed by atoms with Gasteiger partial charge in [0.25, 0.3) is 10.1 Å². The molecule has 2 atom stereocenters. The molecule has 0 heterocycles. The van der Waals surface area contributed by atoms with E-state index in [2.05, 4.69) is 0 Å². The van der Waals surface area contributed by atoms with Gasteiger partial charge in [0.1, 0.15) is 0 Å². The largest absolute Gasteiger partial charge is 0.442 e. The van der Waals surface area contributed by atoms with Crippen LogP contribution in [0.3, 0.4) is 0 Å². The molecular formula is C16H21F3O3S2. The molecular weight excluding hydrogens is 361 g/mol. The van der Waals surface area contributed by atoms with Gasteiger partial charge in [-0.3, -0.25) is 4.18 Å². The maximum Gasteiger partial charge on any atom is 0.442 e. The van der Waals surface area contributed by atoms with Crippen molar-refractivity contribution >= 4 is 21.9 Å². The van der Waals surface area contributed by atoms with Crippen molar-refractivity contribution in [1.82, 2.24) is 0 Å². The molecule has 24 heavy (non-hydrogen) atoms. The van der Waals surface area contributed by atoms with E-state index in [1.165, 1.54) is 12.1 Å². The van der Waals surface area contributed by atoms with Gasteiger partial charge in [-0.25, -0.2) is 0 Å². The van der Waals surface area contributed by atoms with Crippen molar-refractivity contribution in [3.05, 3.63) is 29.8 Å². The van der Waals surface area contributed by atoms with E-state index >= 15 is 0 Å². The van der Waals surface area contributed by atoms with Gasteiger partial charge in [0.05, 0.1) is 11.0 Å². The van der Waals surface area contributed by atoms with Crippen molar-refractivity contribution in [1.29, 1.82) is 0 Å². The molecule has 1 aliphatic carbocycles. The maximum atomic E-state index is 12.8. The first kappa shape index (κ1) is 19.6. The normalized spacial score (nSPS) is 23.5. The van der Waals surface area contributed by atoms with Crippen LogP contribution in [0.1, 0.15) is 44.1 Å². The number of halogens is 3. The van der Waals surface area contributed by atoms with Gasteiger partial charge in [-0.05, 0) is 43.7 Å². The van der Waals surface area contributed by atoms with Gasteiger partial charge >= 0.3 is 5.51 Å². The summed E-state index contributed by atoms with van der Waals surface area (Å²) in [5, 5.41) is -0.898. The Morgan fingerprint density at radius 3 is 2.21 bits per heavy atom. The minimum atomic E-state index is -4.40. The van der Waals surface area contributed by atoms with Crippen molar-refractivity contribution in [3.8, 4) is 0 Å². The Labute approximate surface area is 145 Å². The molecule has 1 saturated carbocycles. The lowest BCUT2D eigenvalue weighted by molar-refractivity contribution is -0.0344. The molecule has 1 aromatic rings. The summed E-state index contributed by atoms with van der Waals surface area (Å²) < 4.78 is 68.5. The van der Waals surface area contributed by atoms with E-state index < -0.39 is 27.0 Å². The number of hydrogen-bond donors (Lipinski definition) is 0. The van der Waals surface area contributed by atoms with Crippen molar-refractivity contribution in [3.63, 3.8) is 0 Å². The summed E-state index contributed by atoms with van der Waals surface area (Å²) in [5.41, 5.74) is -3.51. The Bertz CT molecular complexity index is 627. The zero-order chi connectivity index (χ0) is 17.8. The third-order valence-electron chi connectivity index (χ3n) is 3.99. The van der Waals surface area contributed by atoms with Gasteiger partial charge in [-0.15, -0.1) is 0 Å². The highest BCUT2D eigenvalue weighted by Gasteiger charge is 2.39. The van der Waals surface area contributed by atoms with E-state index in [9.17, 15) is 21.6 Å². The van der Waals surface area contributed by atoms with E-state index in [4.69, 9.17) is 4.18 Å². The van der Waals surface area contributed by atoms with Crippen LogP contribution in [0.5, 0.6) is 0 Å². The predicted octanol–water partition coefficient (Wildman–Crippen LogP) is 5.04. The Morgan fingerprint density at radius 1 is 1.04 bits per heavy atom. The molecule has 1 fully saturated rings. The summed E-state index contributed by atoms with van der Waals surface area (Å²) in [6.07, 6.45) is 2.74. The fourth-order valence-electron chi connectivity index (χ4n) is 2.76. The van der Waals surface area contributed by atoms with E-state index in [0.717, 1.165) is 18.4 Å². The smallest absolute Gasteiger partial charge is 0.262 e. The maximum absolute atomic E-state index is 12.8. The molecule has 0 N–H and O–H groups in total.